The molecule has 2 amide bonds. The summed E-state index contributed by atoms with van der Waals surface area (Å²) in [5, 5.41) is 11.9. The molecular weight excluding hydrogens is 330 g/mol. The first-order chi connectivity index (χ1) is 11.4. The van der Waals surface area contributed by atoms with E-state index in [2.05, 4.69) is 11.4 Å². The van der Waals surface area contributed by atoms with Gasteiger partial charge in [-0.15, -0.1) is 11.8 Å². The van der Waals surface area contributed by atoms with Gasteiger partial charge in [-0.2, -0.15) is 5.26 Å². The van der Waals surface area contributed by atoms with Gasteiger partial charge in [-0.05, 0) is 39.0 Å². The number of hydrogen-bond donors (Lipinski definition) is 1. The predicted molar refractivity (Wildman–Crippen MR) is 86.6 cm³/mol. The lowest BCUT2D eigenvalue weighted by Gasteiger charge is -2.29. The van der Waals surface area contributed by atoms with Gasteiger partial charge >= 0.3 is 5.97 Å². The molecule has 8 heteroatoms. The first-order valence-corrected chi connectivity index (χ1v) is 9.23. The second-order valence-electron chi connectivity index (χ2n) is 6.82. The van der Waals surface area contributed by atoms with E-state index >= 15 is 0 Å². The number of esters is 1. The SMILES string of the molecule is C[C@@]12CCC(=O)N1[C@H](C(=O)OCC(=O)NC1(C#N)CCCC1)CS2. The van der Waals surface area contributed by atoms with Crippen LogP contribution < -0.4 is 5.32 Å². The lowest BCUT2D eigenvalue weighted by molar-refractivity contribution is -0.156. The summed E-state index contributed by atoms with van der Waals surface area (Å²) in [5.41, 5.74) is -0.823. The Morgan fingerprint density at radius 2 is 2.12 bits per heavy atom. The number of nitrogens with one attached hydrogen (secondary N) is 1. The highest BCUT2D eigenvalue weighted by Crippen LogP contribution is 2.47. The van der Waals surface area contributed by atoms with E-state index in [0.717, 1.165) is 19.3 Å². The fourth-order valence-corrected chi connectivity index (χ4v) is 5.19. The fourth-order valence-electron chi connectivity index (χ4n) is 3.77. The first-order valence-electron chi connectivity index (χ1n) is 8.24. The summed E-state index contributed by atoms with van der Waals surface area (Å²) in [7, 11) is 0. The Hall–Kier alpha value is -1.75. The van der Waals surface area contributed by atoms with Gasteiger partial charge in [0.1, 0.15) is 11.6 Å². The molecular formula is C16H21N3O4S. The number of hydrogen-bond acceptors (Lipinski definition) is 6. The van der Waals surface area contributed by atoms with E-state index < -0.39 is 30.1 Å². The standard InChI is InChI=1S/C16H21N3O4S/c1-15-7-4-13(21)19(15)11(9-24-15)14(22)23-8-12(20)18-16(10-17)5-2-3-6-16/h11H,2-9H2,1H3,(H,18,20)/t11-,15+/m0/s1. The number of carbonyl (C=O) groups is 3. The Labute approximate surface area is 145 Å². The molecule has 1 aliphatic carbocycles. The minimum absolute atomic E-state index is 0.0386. The second-order valence-corrected chi connectivity index (χ2v) is 8.32. The lowest BCUT2D eigenvalue weighted by atomic mass is 10.00. The maximum Gasteiger partial charge on any atom is 0.330 e. The quantitative estimate of drug-likeness (QED) is 0.757. The van der Waals surface area contributed by atoms with E-state index in [1.165, 1.54) is 0 Å². The highest BCUT2D eigenvalue weighted by molar-refractivity contribution is 8.01. The third kappa shape index (κ3) is 2.97. The van der Waals surface area contributed by atoms with Crippen molar-refractivity contribution in [2.45, 2.75) is 61.9 Å². The fraction of sp³-hybridized carbons (Fsp3) is 0.750. The maximum absolute atomic E-state index is 12.3. The van der Waals surface area contributed by atoms with Gasteiger partial charge in [-0.3, -0.25) is 9.59 Å². The van der Waals surface area contributed by atoms with Gasteiger partial charge in [0.15, 0.2) is 6.61 Å². The van der Waals surface area contributed by atoms with Crippen LogP contribution >= 0.6 is 11.8 Å². The van der Waals surface area contributed by atoms with Crippen LogP contribution in [0.4, 0.5) is 0 Å². The van der Waals surface area contributed by atoms with Crippen molar-refractivity contribution in [1.82, 2.24) is 10.2 Å². The van der Waals surface area contributed by atoms with E-state index in [9.17, 15) is 19.6 Å². The van der Waals surface area contributed by atoms with Crippen LogP contribution in [0.2, 0.25) is 0 Å². The van der Waals surface area contributed by atoms with Crippen LogP contribution in [0.3, 0.4) is 0 Å². The Kier molecular flexibility index (Phi) is 4.47. The van der Waals surface area contributed by atoms with Crippen molar-refractivity contribution in [3.63, 3.8) is 0 Å². The number of ether oxygens (including phenoxy) is 1. The smallest absolute Gasteiger partial charge is 0.330 e. The van der Waals surface area contributed by atoms with Gasteiger partial charge in [-0.25, -0.2) is 4.79 Å². The van der Waals surface area contributed by atoms with Crippen LogP contribution in [0.15, 0.2) is 0 Å². The molecule has 0 unspecified atom stereocenters. The monoisotopic (exact) mass is 351 g/mol. The van der Waals surface area contributed by atoms with Crippen molar-refractivity contribution in [2.24, 2.45) is 0 Å². The van der Waals surface area contributed by atoms with Crippen molar-refractivity contribution in [3.05, 3.63) is 0 Å². The van der Waals surface area contributed by atoms with Crippen molar-refractivity contribution in [3.8, 4) is 6.07 Å². The van der Waals surface area contributed by atoms with E-state index in [-0.39, 0.29) is 10.8 Å². The maximum atomic E-state index is 12.3. The molecule has 0 radical (unpaired) electrons. The zero-order chi connectivity index (χ0) is 17.4. The molecule has 2 aliphatic heterocycles. The number of fused-ring (bicyclic) bond motifs is 1. The van der Waals surface area contributed by atoms with Crippen LogP contribution in [0, 0.1) is 11.3 Å². The van der Waals surface area contributed by atoms with Gasteiger partial charge in [-0.1, -0.05) is 0 Å². The molecule has 24 heavy (non-hydrogen) atoms. The number of carbonyl (C=O) groups excluding carboxylic acids is 3. The molecule has 1 N–H and O–H groups in total. The Bertz CT molecular complexity index is 611. The van der Waals surface area contributed by atoms with E-state index in [1.54, 1.807) is 16.7 Å². The Balaban J connectivity index is 1.53. The summed E-state index contributed by atoms with van der Waals surface area (Å²) in [6.07, 6.45) is 4.24. The lowest BCUT2D eigenvalue weighted by Crippen LogP contribution is -2.49. The number of nitriles is 1. The summed E-state index contributed by atoms with van der Waals surface area (Å²) < 4.78 is 5.12. The largest absolute Gasteiger partial charge is 0.454 e. The number of amides is 2. The average Bonchev–Trinajstić information content (AvgIpc) is 3.22. The zero-order valence-corrected chi connectivity index (χ0v) is 14.5. The van der Waals surface area contributed by atoms with Gasteiger partial charge in [0.25, 0.3) is 5.91 Å². The Morgan fingerprint density at radius 3 is 2.79 bits per heavy atom. The molecule has 1 saturated carbocycles. The van der Waals surface area contributed by atoms with Gasteiger partial charge in [0, 0.05) is 12.2 Å². The highest BCUT2D eigenvalue weighted by atomic mass is 32.2. The molecule has 3 rings (SSSR count). The number of nitrogens with zero attached hydrogens (tertiary/aromatic N) is 2. The number of thioether (sulfide) groups is 1. The van der Waals surface area contributed by atoms with Crippen molar-refractivity contribution in [1.29, 1.82) is 5.26 Å². The predicted octanol–water partition coefficient (Wildman–Crippen LogP) is 0.936. The third-order valence-corrected chi connectivity index (χ3v) is 6.62. The van der Waals surface area contributed by atoms with Crippen molar-refractivity contribution in [2.75, 3.05) is 12.4 Å². The molecule has 130 valence electrons. The third-order valence-electron chi connectivity index (χ3n) is 5.11. The first kappa shape index (κ1) is 17.1. The van der Waals surface area contributed by atoms with Crippen LogP contribution in [0.5, 0.6) is 0 Å². The number of rotatable bonds is 4. The molecule has 3 aliphatic rings. The minimum atomic E-state index is -0.823. The zero-order valence-electron chi connectivity index (χ0n) is 13.7. The van der Waals surface area contributed by atoms with Crippen molar-refractivity contribution >= 4 is 29.5 Å². The van der Waals surface area contributed by atoms with Crippen LogP contribution in [0.1, 0.15) is 45.4 Å². The molecule has 2 saturated heterocycles. The average molecular weight is 351 g/mol. The molecule has 0 aromatic heterocycles. The van der Waals surface area contributed by atoms with Gasteiger partial charge in [0.05, 0.1) is 10.9 Å². The summed E-state index contributed by atoms with van der Waals surface area (Å²) in [6, 6.07) is 1.54. The Morgan fingerprint density at radius 1 is 1.42 bits per heavy atom. The van der Waals surface area contributed by atoms with E-state index in [1.807, 2.05) is 6.92 Å². The van der Waals surface area contributed by atoms with Crippen LogP contribution in [-0.2, 0) is 19.1 Å². The van der Waals surface area contributed by atoms with E-state index in [4.69, 9.17) is 4.74 Å². The molecule has 2 atom stereocenters. The second kappa shape index (κ2) is 6.28. The minimum Gasteiger partial charge on any atom is -0.454 e. The van der Waals surface area contributed by atoms with Gasteiger partial charge in [0.2, 0.25) is 5.91 Å². The summed E-state index contributed by atoms with van der Waals surface area (Å²) >= 11 is 1.58. The molecule has 0 aromatic rings. The molecule has 0 aromatic carbocycles. The highest BCUT2D eigenvalue weighted by Gasteiger charge is 2.53. The van der Waals surface area contributed by atoms with Crippen LogP contribution in [0.25, 0.3) is 0 Å². The molecule has 3 fully saturated rings. The van der Waals surface area contributed by atoms with Gasteiger partial charge < -0.3 is 15.0 Å². The van der Waals surface area contributed by atoms with Crippen LogP contribution in [-0.4, -0.2) is 51.5 Å². The molecule has 7 nitrogen and oxygen atoms in total. The summed E-state index contributed by atoms with van der Waals surface area (Å²) in [6.45, 7) is 1.54. The summed E-state index contributed by atoms with van der Waals surface area (Å²) in [5.74, 6) is -0.560. The topological polar surface area (TPSA) is 99.5 Å². The van der Waals surface area contributed by atoms with Crippen molar-refractivity contribution < 1.29 is 19.1 Å². The molecule has 0 spiro atoms. The van der Waals surface area contributed by atoms with E-state index in [0.29, 0.717) is 25.0 Å². The normalized spacial score (nSPS) is 30.8. The molecule has 0 bridgehead atoms. The summed E-state index contributed by atoms with van der Waals surface area (Å²) in [4.78, 5) is 37.6. The molecule has 2 heterocycles.